The molecule has 0 radical (unpaired) electrons. The van der Waals surface area contributed by atoms with Crippen molar-refractivity contribution < 1.29 is 8.42 Å². The summed E-state index contributed by atoms with van der Waals surface area (Å²) in [5.41, 5.74) is 0. The number of sulfonamides is 1. The predicted octanol–water partition coefficient (Wildman–Crippen LogP) is 1.93. The minimum absolute atomic E-state index is 0.0326. The molecule has 2 heterocycles. The van der Waals surface area contributed by atoms with Gasteiger partial charge in [-0.3, -0.25) is 0 Å². The first-order valence-electron chi connectivity index (χ1n) is 5.48. The number of halogens is 1. The summed E-state index contributed by atoms with van der Waals surface area (Å²) < 4.78 is 28.1. The van der Waals surface area contributed by atoms with Gasteiger partial charge < -0.3 is 5.32 Å². The maximum absolute atomic E-state index is 12.1. The lowest BCUT2D eigenvalue weighted by Crippen LogP contribution is -2.46. The minimum Gasteiger partial charge on any atom is -0.314 e. The smallest absolute Gasteiger partial charge is 0.251 e. The van der Waals surface area contributed by atoms with Crippen LogP contribution in [-0.2, 0) is 10.0 Å². The largest absolute Gasteiger partial charge is 0.314 e. The summed E-state index contributed by atoms with van der Waals surface area (Å²) in [5.74, 6) is 0. The molecule has 2 rings (SSSR count). The van der Waals surface area contributed by atoms with Crippen molar-refractivity contribution in [1.29, 1.82) is 0 Å². The van der Waals surface area contributed by atoms with Crippen molar-refractivity contribution in [2.75, 3.05) is 6.54 Å². The Bertz CT molecular complexity index is 486. The summed E-state index contributed by atoms with van der Waals surface area (Å²) in [4.78, 5) is 0. The molecule has 0 bridgehead atoms. The Kier molecular flexibility index (Phi) is 4.25. The van der Waals surface area contributed by atoms with Crippen LogP contribution in [0.15, 0.2) is 20.1 Å². The lowest BCUT2D eigenvalue weighted by molar-refractivity contribution is 0.361. The monoisotopic (exact) mass is 338 g/mol. The van der Waals surface area contributed by atoms with E-state index < -0.39 is 10.0 Å². The van der Waals surface area contributed by atoms with Crippen molar-refractivity contribution >= 4 is 37.3 Å². The molecule has 96 valence electrons. The minimum atomic E-state index is -3.38. The predicted molar refractivity (Wildman–Crippen MR) is 72.8 cm³/mol. The van der Waals surface area contributed by atoms with Gasteiger partial charge in [-0.05, 0) is 53.7 Å². The first-order valence-corrected chi connectivity index (χ1v) is 8.63. The van der Waals surface area contributed by atoms with E-state index in [4.69, 9.17) is 0 Å². The molecule has 2 N–H and O–H groups in total. The summed E-state index contributed by atoms with van der Waals surface area (Å²) in [6.45, 7) is 2.93. The Hall–Kier alpha value is 0.0500. The second kappa shape index (κ2) is 5.36. The molecule has 1 aliphatic rings. The van der Waals surface area contributed by atoms with Crippen LogP contribution in [-0.4, -0.2) is 27.0 Å². The molecular formula is C10H15BrN2O2S2. The normalized spacial score (nSPS) is 26.0. The second-order valence-corrected chi connectivity index (χ2v) is 7.93. The van der Waals surface area contributed by atoms with Crippen LogP contribution in [0.3, 0.4) is 0 Å². The van der Waals surface area contributed by atoms with Crippen LogP contribution in [0, 0.1) is 0 Å². The molecule has 1 aliphatic heterocycles. The maximum atomic E-state index is 12.1. The van der Waals surface area contributed by atoms with Gasteiger partial charge in [0.05, 0.1) is 0 Å². The molecule has 0 aromatic carbocycles. The van der Waals surface area contributed by atoms with E-state index >= 15 is 0 Å². The average Bonchev–Trinajstić information content (AvgIpc) is 2.64. The van der Waals surface area contributed by atoms with E-state index in [0.717, 1.165) is 19.4 Å². The van der Waals surface area contributed by atoms with Crippen molar-refractivity contribution in [2.45, 2.75) is 36.1 Å². The van der Waals surface area contributed by atoms with Crippen LogP contribution < -0.4 is 10.0 Å². The van der Waals surface area contributed by atoms with Gasteiger partial charge in [0.15, 0.2) is 0 Å². The molecule has 0 aliphatic carbocycles. The number of hydrogen-bond acceptors (Lipinski definition) is 4. The molecular weight excluding hydrogens is 324 g/mol. The maximum Gasteiger partial charge on any atom is 0.251 e. The standard InChI is InChI=1S/C10H15BrN2O2S2/c1-7-6-8(2-4-12-7)13-17(14,15)10-9(11)3-5-16-10/h3,5,7-8,12-13H,2,4,6H2,1H3. The number of piperidine rings is 1. The molecule has 7 heteroatoms. The SMILES string of the molecule is CC1CC(NS(=O)(=O)c2sccc2Br)CCN1. The van der Waals surface area contributed by atoms with E-state index in [2.05, 4.69) is 32.9 Å². The van der Waals surface area contributed by atoms with Crippen molar-refractivity contribution in [2.24, 2.45) is 0 Å². The van der Waals surface area contributed by atoms with Gasteiger partial charge in [0.2, 0.25) is 0 Å². The highest BCUT2D eigenvalue weighted by Gasteiger charge is 2.26. The van der Waals surface area contributed by atoms with Crippen LogP contribution in [0.2, 0.25) is 0 Å². The summed E-state index contributed by atoms with van der Waals surface area (Å²) in [5, 5.41) is 5.07. The number of hydrogen-bond donors (Lipinski definition) is 2. The van der Waals surface area contributed by atoms with Gasteiger partial charge in [-0.25, -0.2) is 13.1 Å². The molecule has 0 spiro atoms. The van der Waals surface area contributed by atoms with Crippen molar-refractivity contribution in [3.8, 4) is 0 Å². The fourth-order valence-electron chi connectivity index (χ4n) is 1.98. The molecule has 1 aromatic heterocycles. The lowest BCUT2D eigenvalue weighted by Gasteiger charge is -2.28. The molecule has 0 saturated carbocycles. The highest BCUT2D eigenvalue weighted by Crippen LogP contribution is 2.28. The van der Waals surface area contributed by atoms with E-state index in [1.54, 1.807) is 11.4 Å². The van der Waals surface area contributed by atoms with Gasteiger partial charge in [-0.1, -0.05) is 0 Å². The van der Waals surface area contributed by atoms with Crippen molar-refractivity contribution in [3.05, 3.63) is 15.9 Å². The molecule has 4 nitrogen and oxygen atoms in total. The fourth-order valence-corrected chi connectivity index (χ4v) is 5.62. The third kappa shape index (κ3) is 3.29. The Balaban J connectivity index is 2.10. The van der Waals surface area contributed by atoms with Gasteiger partial charge in [0, 0.05) is 16.6 Å². The first kappa shape index (κ1) is 13.5. The van der Waals surface area contributed by atoms with Crippen LogP contribution in [0.4, 0.5) is 0 Å². The summed E-state index contributed by atoms with van der Waals surface area (Å²) >= 11 is 4.49. The molecule has 0 amide bonds. The van der Waals surface area contributed by atoms with Crippen LogP contribution in [0.25, 0.3) is 0 Å². The van der Waals surface area contributed by atoms with Crippen LogP contribution in [0.1, 0.15) is 19.8 Å². The van der Waals surface area contributed by atoms with E-state index in [1.807, 2.05) is 0 Å². The van der Waals surface area contributed by atoms with E-state index in [1.165, 1.54) is 11.3 Å². The van der Waals surface area contributed by atoms with Gasteiger partial charge in [-0.15, -0.1) is 11.3 Å². The summed E-state index contributed by atoms with van der Waals surface area (Å²) in [6, 6.07) is 2.15. The third-order valence-electron chi connectivity index (χ3n) is 2.77. The van der Waals surface area contributed by atoms with E-state index in [9.17, 15) is 8.42 Å². The molecule has 1 aromatic rings. The Morgan fingerprint density at radius 2 is 2.35 bits per heavy atom. The Morgan fingerprint density at radius 1 is 1.59 bits per heavy atom. The van der Waals surface area contributed by atoms with Crippen molar-refractivity contribution in [1.82, 2.24) is 10.0 Å². The van der Waals surface area contributed by atoms with Crippen LogP contribution in [0.5, 0.6) is 0 Å². The first-order chi connectivity index (χ1) is 7.99. The number of rotatable bonds is 3. The van der Waals surface area contributed by atoms with Gasteiger partial charge in [0.25, 0.3) is 10.0 Å². The topological polar surface area (TPSA) is 58.2 Å². The average molecular weight is 339 g/mol. The number of nitrogens with one attached hydrogen (secondary N) is 2. The van der Waals surface area contributed by atoms with Gasteiger partial charge in [-0.2, -0.15) is 0 Å². The third-order valence-corrected chi connectivity index (χ3v) is 6.96. The molecule has 2 unspecified atom stereocenters. The van der Waals surface area contributed by atoms with E-state index in [-0.39, 0.29) is 6.04 Å². The van der Waals surface area contributed by atoms with Gasteiger partial charge >= 0.3 is 0 Å². The number of thiophene rings is 1. The quantitative estimate of drug-likeness (QED) is 0.885. The fraction of sp³-hybridized carbons (Fsp3) is 0.600. The zero-order valence-electron chi connectivity index (χ0n) is 9.44. The highest BCUT2D eigenvalue weighted by atomic mass is 79.9. The van der Waals surface area contributed by atoms with E-state index in [0.29, 0.717) is 14.7 Å². The van der Waals surface area contributed by atoms with Crippen LogP contribution >= 0.6 is 27.3 Å². The summed E-state index contributed by atoms with van der Waals surface area (Å²) in [7, 11) is -3.38. The Labute approximate surface area is 114 Å². The van der Waals surface area contributed by atoms with Gasteiger partial charge in [0.1, 0.15) is 4.21 Å². The Morgan fingerprint density at radius 3 is 2.94 bits per heavy atom. The zero-order valence-corrected chi connectivity index (χ0v) is 12.7. The van der Waals surface area contributed by atoms with Crippen molar-refractivity contribution in [3.63, 3.8) is 0 Å². The zero-order chi connectivity index (χ0) is 12.5. The summed E-state index contributed by atoms with van der Waals surface area (Å²) in [6.07, 6.45) is 1.68. The highest BCUT2D eigenvalue weighted by molar-refractivity contribution is 9.10. The molecule has 1 fully saturated rings. The molecule has 17 heavy (non-hydrogen) atoms. The second-order valence-electron chi connectivity index (χ2n) is 4.25. The lowest BCUT2D eigenvalue weighted by atomic mass is 10.0. The molecule has 2 atom stereocenters. The molecule has 1 saturated heterocycles.